The first-order valence-corrected chi connectivity index (χ1v) is 7.65. The van der Waals surface area contributed by atoms with Crippen molar-refractivity contribution in [3.8, 4) is 0 Å². The number of hydrogen-bond donors (Lipinski definition) is 3. The van der Waals surface area contributed by atoms with Gasteiger partial charge < -0.3 is 16.0 Å². The molecule has 1 aromatic carbocycles. The van der Waals surface area contributed by atoms with E-state index in [4.69, 9.17) is 0 Å². The Balaban J connectivity index is 1.61. The summed E-state index contributed by atoms with van der Waals surface area (Å²) in [6, 6.07) is 7.33. The van der Waals surface area contributed by atoms with Crippen molar-refractivity contribution >= 4 is 17.5 Å². The number of carbonyl (C=O) groups excluding carboxylic acids is 2. The largest absolute Gasteiger partial charge is 0.348 e. The molecule has 0 unspecified atom stereocenters. The van der Waals surface area contributed by atoms with Crippen LogP contribution in [0.4, 0.5) is 5.69 Å². The van der Waals surface area contributed by atoms with Crippen LogP contribution in [0.3, 0.4) is 0 Å². The molecule has 3 N–H and O–H groups in total. The average molecular weight is 287 g/mol. The Hall–Kier alpha value is -1.88. The average Bonchev–Trinajstić information content (AvgIpc) is 3.33. The quantitative estimate of drug-likeness (QED) is 0.786. The van der Waals surface area contributed by atoms with Gasteiger partial charge in [-0.05, 0) is 50.4 Å². The lowest BCUT2D eigenvalue weighted by Crippen LogP contribution is -2.45. The molecule has 1 aliphatic heterocycles. The Bertz CT molecular complexity index is 534. The number of carbonyl (C=O) groups is 2. The number of piperidine rings is 1. The van der Waals surface area contributed by atoms with Crippen LogP contribution in [0.1, 0.15) is 36.0 Å². The lowest BCUT2D eigenvalue weighted by molar-refractivity contribution is -0.117. The van der Waals surface area contributed by atoms with Crippen molar-refractivity contribution in [2.75, 3.05) is 18.4 Å². The highest BCUT2D eigenvalue weighted by molar-refractivity contribution is 5.98. The second-order valence-electron chi connectivity index (χ2n) is 5.86. The number of hydrogen-bond acceptors (Lipinski definition) is 3. The first kappa shape index (κ1) is 14.1. The van der Waals surface area contributed by atoms with Crippen molar-refractivity contribution in [3.63, 3.8) is 0 Å². The summed E-state index contributed by atoms with van der Waals surface area (Å²) in [5, 5.41) is 9.18. The molecule has 5 nitrogen and oxygen atoms in total. The Morgan fingerprint density at radius 3 is 2.76 bits per heavy atom. The Labute approximate surface area is 124 Å². The molecule has 0 aromatic heterocycles. The monoisotopic (exact) mass is 287 g/mol. The molecule has 1 saturated carbocycles. The topological polar surface area (TPSA) is 70.2 Å². The Kier molecular flexibility index (Phi) is 4.20. The lowest BCUT2D eigenvalue weighted by Gasteiger charge is -2.23. The predicted octanol–water partition coefficient (Wildman–Crippen LogP) is 1.52. The first-order valence-electron chi connectivity index (χ1n) is 7.65. The van der Waals surface area contributed by atoms with Crippen LogP contribution in [0, 0.1) is 5.92 Å². The molecule has 2 fully saturated rings. The summed E-state index contributed by atoms with van der Waals surface area (Å²) in [7, 11) is 0. The van der Waals surface area contributed by atoms with Gasteiger partial charge in [-0.3, -0.25) is 9.59 Å². The summed E-state index contributed by atoms with van der Waals surface area (Å²) < 4.78 is 0. The minimum atomic E-state index is -0.0776. The van der Waals surface area contributed by atoms with E-state index in [1.807, 2.05) is 6.07 Å². The fraction of sp³-hybridized carbons (Fsp3) is 0.500. The van der Waals surface area contributed by atoms with Crippen LogP contribution < -0.4 is 16.0 Å². The standard InChI is InChI=1S/C16H21N3O2/c20-15(11-6-7-11)18-13-4-1-3-12(9-13)16(21)19-14-5-2-8-17-10-14/h1,3-4,9,11,14,17H,2,5-8,10H2,(H,18,20)(H,19,21)/t14-/m0/s1. The summed E-state index contributed by atoms with van der Waals surface area (Å²) in [4.78, 5) is 24.0. The number of amides is 2. The molecular formula is C16H21N3O2. The molecular weight excluding hydrogens is 266 g/mol. The molecule has 3 rings (SSSR count). The van der Waals surface area contributed by atoms with Gasteiger partial charge >= 0.3 is 0 Å². The molecule has 0 spiro atoms. The minimum absolute atomic E-state index is 0.0593. The minimum Gasteiger partial charge on any atom is -0.348 e. The number of rotatable bonds is 4. The van der Waals surface area contributed by atoms with Crippen LogP contribution in [0.25, 0.3) is 0 Å². The van der Waals surface area contributed by atoms with Gasteiger partial charge in [0.1, 0.15) is 0 Å². The van der Waals surface area contributed by atoms with Crippen molar-refractivity contribution in [3.05, 3.63) is 29.8 Å². The highest BCUT2D eigenvalue weighted by atomic mass is 16.2. The van der Waals surface area contributed by atoms with E-state index in [1.165, 1.54) is 0 Å². The summed E-state index contributed by atoms with van der Waals surface area (Å²) in [6.45, 7) is 1.85. The molecule has 1 atom stereocenters. The number of nitrogens with one attached hydrogen (secondary N) is 3. The molecule has 0 bridgehead atoms. The molecule has 0 radical (unpaired) electrons. The zero-order chi connectivity index (χ0) is 14.7. The Morgan fingerprint density at radius 2 is 2.05 bits per heavy atom. The third kappa shape index (κ3) is 3.82. The SMILES string of the molecule is O=C(N[C@H]1CCCNC1)c1cccc(NC(=O)C2CC2)c1. The molecule has 21 heavy (non-hydrogen) atoms. The molecule has 1 aromatic rings. The molecule has 1 aliphatic carbocycles. The van der Waals surface area contributed by atoms with E-state index in [9.17, 15) is 9.59 Å². The van der Waals surface area contributed by atoms with Crippen LogP contribution >= 0.6 is 0 Å². The van der Waals surface area contributed by atoms with Crippen molar-refractivity contribution in [2.45, 2.75) is 31.7 Å². The van der Waals surface area contributed by atoms with Gasteiger partial charge in [-0.2, -0.15) is 0 Å². The lowest BCUT2D eigenvalue weighted by atomic mass is 10.1. The van der Waals surface area contributed by atoms with Crippen LogP contribution in [0.15, 0.2) is 24.3 Å². The Morgan fingerprint density at radius 1 is 1.19 bits per heavy atom. The maximum Gasteiger partial charge on any atom is 0.251 e. The fourth-order valence-corrected chi connectivity index (χ4v) is 2.57. The predicted molar refractivity (Wildman–Crippen MR) is 81.2 cm³/mol. The second kappa shape index (κ2) is 6.26. The smallest absolute Gasteiger partial charge is 0.251 e. The third-order valence-corrected chi connectivity index (χ3v) is 3.97. The van der Waals surface area contributed by atoms with Crippen molar-refractivity contribution in [2.24, 2.45) is 5.92 Å². The van der Waals surface area contributed by atoms with Crippen molar-refractivity contribution < 1.29 is 9.59 Å². The van der Waals surface area contributed by atoms with E-state index < -0.39 is 0 Å². The summed E-state index contributed by atoms with van der Waals surface area (Å²) in [5.41, 5.74) is 1.29. The summed E-state index contributed by atoms with van der Waals surface area (Å²) in [6.07, 6.45) is 4.04. The van der Waals surface area contributed by atoms with Gasteiger partial charge in [0.15, 0.2) is 0 Å². The van der Waals surface area contributed by atoms with Gasteiger partial charge in [0.05, 0.1) is 0 Å². The van der Waals surface area contributed by atoms with E-state index in [1.54, 1.807) is 18.2 Å². The van der Waals surface area contributed by atoms with E-state index >= 15 is 0 Å². The van der Waals surface area contributed by atoms with E-state index in [-0.39, 0.29) is 23.8 Å². The van der Waals surface area contributed by atoms with Crippen LogP contribution in [0.5, 0.6) is 0 Å². The highest BCUT2D eigenvalue weighted by Gasteiger charge is 2.29. The third-order valence-electron chi connectivity index (χ3n) is 3.97. The number of benzene rings is 1. The maximum absolute atomic E-state index is 12.2. The summed E-state index contributed by atoms with van der Waals surface area (Å²) in [5.74, 6) is 0.144. The zero-order valence-electron chi connectivity index (χ0n) is 12.0. The molecule has 2 amide bonds. The maximum atomic E-state index is 12.2. The van der Waals surface area contributed by atoms with Crippen LogP contribution in [0.2, 0.25) is 0 Å². The van der Waals surface area contributed by atoms with Crippen molar-refractivity contribution in [1.82, 2.24) is 10.6 Å². The second-order valence-corrected chi connectivity index (χ2v) is 5.86. The van der Waals surface area contributed by atoms with Crippen LogP contribution in [-0.4, -0.2) is 30.9 Å². The van der Waals surface area contributed by atoms with Crippen LogP contribution in [-0.2, 0) is 4.79 Å². The van der Waals surface area contributed by atoms with E-state index in [0.29, 0.717) is 11.3 Å². The van der Waals surface area contributed by atoms with Gasteiger partial charge in [0, 0.05) is 29.8 Å². The van der Waals surface area contributed by atoms with Gasteiger partial charge in [0.25, 0.3) is 5.91 Å². The normalized spacial score (nSPS) is 21.6. The van der Waals surface area contributed by atoms with Gasteiger partial charge in [-0.1, -0.05) is 6.07 Å². The molecule has 112 valence electrons. The van der Waals surface area contributed by atoms with Gasteiger partial charge in [-0.25, -0.2) is 0 Å². The molecule has 1 saturated heterocycles. The van der Waals surface area contributed by atoms with Crippen molar-refractivity contribution in [1.29, 1.82) is 0 Å². The van der Waals surface area contributed by atoms with E-state index in [0.717, 1.165) is 38.8 Å². The number of anilines is 1. The fourth-order valence-electron chi connectivity index (χ4n) is 2.57. The van der Waals surface area contributed by atoms with Gasteiger partial charge in [-0.15, -0.1) is 0 Å². The molecule has 2 aliphatic rings. The van der Waals surface area contributed by atoms with Gasteiger partial charge in [0.2, 0.25) is 5.91 Å². The summed E-state index contributed by atoms with van der Waals surface area (Å²) >= 11 is 0. The van der Waals surface area contributed by atoms with E-state index in [2.05, 4.69) is 16.0 Å². The molecule has 5 heteroatoms. The molecule has 1 heterocycles. The zero-order valence-corrected chi connectivity index (χ0v) is 12.0. The first-order chi connectivity index (χ1) is 10.2. The highest BCUT2D eigenvalue weighted by Crippen LogP contribution is 2.30.